The zero-order chi connectivity index (χ0) is 17.2. The Morgan fingerprint density at radius 1 is 1.08 bits per heavy atom. The lowest BCUT2D eigenvalue weighted by molar-refractivity contribution is 0.102. The van der Waals surface area contributed by atoms with Gasteiger partial charge in [-0.25, -0.2) is 8.42 Å². The van der Waals surface area contributed by atoms with Crippen molar-refractivity contribution in [2.45, 2.75) is 12.8 Å². The van der Waals surface area contributed by atoms with Crippen LogP contribution in [0.1, 0.15) is 23.2 Å². The fourth-order valence-corrected chi connectivity index (χ4v) is 4.51. The van der Waals surface area contributed by atoms with Gasteiger partial charge in [-0.2, -0.15) is 0 Å². The first-order valence-corrected chi connectivity index (χ1v) is 9.62. The number of halogens is 1. The Morgan fingerprint density at radius 2 is 1.88 bits per heavy atom. The first kappa shape index (κ1) is 16.8. The number of nitrogens with zero attached hydrogens (tertiary/aromatic N) is 1. The van der Waals surface area contributed by atoms with E-state index in [1.54, 1.807) is 48.5 Å². The molecule has 0 aromatic heterocycles. The van der Waals surface area contributed by atoms with Crippen molar-refractivity contribution in [3.05, 3.63) is 59.1 Å². The molecule has 3 rings (SSSR count). The molecule has 0 bridgehead atoms. The van der Waals surface area contributed by atoms with Crippen molar-refractivity contribution in [3.8, 4) is 0 Å². The fraction of sp³-hybridized carbons (Fsp3) is 0.235. The Morgan fingerprint density at radius 3 is 2.62 bits per heavy atom. The van der Waals surface area contributed by atoms with Crippen LogP contribution in [0.25, 0.3) is 0 Å². The SMILES string of the molecule is O=C(Nc1cccc(N2CCCCS2(=O)=O)c1)c1ccccc1Cl. The lowest BCUT2D eigenvalue weighted by Crippen LogP contribution is -2.37. The van der Waals surface area contributed by atoms with Crippen molar-refractivity contribution in [1.82, 2.24) is 0 Å². The normalized spacial score (nSPS) is 16.6. The average Bonchev–Trinajstić information content (AvgIpc) is 2.55. The van der Waals surface area contributed by atoms with E-state index in [0.29, 0.717) is 34.9 Å². The molecule has 2 aromatic rings. The van der Waals surface area contributed by atoms with Crippen molar-refractivity contribution in [1.29, 1.82) is 0 Å². The molecule has 126 valence electrons. The Labute approximate surface area is 146 Å². The van der Waals surface area contributed by atoms with Crippen LogP contribution in [0.2, 0.25) is 5.02 Å². The molecule has 0 atom stereocenters. The van der Waals surface area contributed by atoms with Crippen LogP contribution < -0.4 is 9.62 Å². The molecule has 1 N–H and O–H groups in total. The third-order valence-electron chi connectivity index (χ3n) is 3.86. The van der Waals surface area contributed by atoms with Gasteiger partial charge in [0, 0.05) is 12.2 Å². The van der Waals surface area contributed by atoms with Crippen LogP contribution in [0.5, 0.6) is 0 Å². The number of carbonyl (C=O) groups is 1. The maximum Gasteiger partial charge on any atom is 0.257 e. The van der Waals surface area contributed by atoms with E-state index < -0.39 is 10.0 Å². The van der Waals surface area contributed by atoms with Crippen molar-refractivity contribution in [3.63, 3.8) is 0 Å². The highest BCUT2D eigenvalue weighted by Crippen LogP contribution is 2.26. The number of nitrogens with one attached hydrogen (secondary N) is 1. The number of sulfonamides is 1. The van der Waals surface area contributed by atoms with E-state index in [1.807, 2.05) is 0 Å². The second-order valence-corrected chi connectivity index (χ2v) is 8.00. The topological polar surface area (TPSA) is 66.5 Å². The molecule has 1 amide bonds. The molecule has 1 saturated heterocycles. The van der Waals surface area contributed by atoms with Gasteiger partial charge >= 0.3 is 0 Å². The molecule has 2 aromatic carbocycles. The number of anilines is 2. The Hall–Kier alpha value is -2.05. The lowest BCUT2D eigenvalue weighted by Gasteiger charge is -2.28. The van der Waals surface area contributed by atoms with Gasteiger partial charge in [0.2, 0.25) is 10.0 Å². The van der Waals surface area contributed by atoms with Crippen molar-refractivity contribution in [2.75, 3.05) is 21.9 Å². The summed E-state index contributed by atoms with van der Waals surface area (Å²) < 4.78 is 25.8. The monoisotopic (exact) mass is 364 g/mol. The number of carbonyl (C=O) groups excluding carboxylic acids is 1. The zero-order valence-corrected chi connectivity index (χ0v) is 14.5. The van der Waals surface area contributed by atoms with Crippen LogP contribution in [0.15, 0.2) is 48.5 Å². The summed E-state index contributed by atoms with van der Waals surface area (Å²) in [5.74, 6) is -0.178. The third-order valence-corrected chi connectivity index (χ3v) is 6.06. The van der Waals surface area contributed by atoms with E-state index in [-0.39, 0.29) is 11.7 Å². The average molecular weight is 365 g/mol. The number of amides is 1. The molecular weight excluding hydrogens is 348 g/mol. The third kappa shape index (κ3) is 3.55. The molecule has 0 radical (unpaired) electrons. The Balaban J connectivity index is 1.83. The molecule has 1 aliphatic heterocycles. The zero-order valence-electron chi connectivity index (χ0n) is 12.9. The smallest absolute Gasteiger partial charge is 0.257 e. The van der Waals surface area contributed by atoms with Gasteiger partial charge in [-0.15, -0.1) is 0 Å². The predicted octanol–water partition coefficient (Wildman–Crippen LogP) is 3.52. The number of hydrogen-bond donors (Lipinski definition) is 1. The Bertz CT molecular complexity index is 868. The molecule has 0 unspecified atom stereocenters. The second-order valence-electron chi connectivity index (χ2n) is 5.58. The van der Waals surface area contributed by atoms with E-state index in [2.05, 4.69) is 5.32 Å². The van der Waals surface area contributed by atoms with Crippen LogP contribution in [-0.2, 0) is 10.0 Å². The minimum atomic E-state index is -3.28. The number of benzene rings is 2. The van der Waals surface area contributed by atoms with Crippen LogP contribution in [0, 0.1) is 0 Å². The molecule has 24 heavy (non-hydrogen) atoms. The highest BCUT2D eigenvalue weighted by molar-refractivity contribution is 7.92. The van der Waals surface area contributed by atoms with Crippen LogP contribution >= 0.6 is 11.6 Å². The van der Waals surface area contributed by atoms with Crippen molar-refractivity contribution in [2.24, 2.45) is 0 Å². The second kappa shape index (κ2) is 6.83. The summed E-state index contributed by atoms with van der Waals surface area (Å²) >= 11 is 6.03. The van der Waals surface area contributed by atoms with Gasteiger partial charge in [-0.05, 0) is 43.2 Å². The van der Waals surface area contributed by atoms with Crippen LogP contribution in [0.3, 0.4) is 0 Å². The molecule has 1 heterocycles. The fourth-order valence-electron chi connectivity index (χ4n) is 2.66. The van der Waals surface area contributed by atoms with Gasteiger partial charge < -0.3 is 5.32 Å². The van der Waals surface area contributed by atoms with Gasteiger partial charge in [-0.3, -0.25) is 9.10 Å². The molecule has 0 spiro atoms. The molecule has 1 aliphatic rings. The van der Waals surface area contributed by atoms with Gasteiger partial charge in [0.15, 0.2) is 0 Å². The van der Waals surface area contributed by atoms with Crippen molar-refractivity contribution >= 4 is 38.9 Å². The Kier molecular flexibility index (Phi) is 4.78. The minimum Gasteiger partial charge on any atom is -0.322 e. The largest absolute Gasteiger partial charge is 0.322 e. The molecule has 0 saturated carbocycles. The van der Waals surface area contributed by atoms with Crippen LogP contribution in [0.4, 0.5) is 11.4 Å². The van der Waals surface area contributed by atoms with Gasteiger partial charge in [0.1, 0.15) is 0 Å². The van der Waals surface area contributed by atoms with E-state index in [4.69, 9.17) is 11.6 Å². The maximum atomic E-state index is 12.3. The predicted molar refractivity (Wildman–Crippen MR) is 96.2 cm³/mol. The summed E-state index contributed by atoms with van der Waals surface area (Å²) in [6.07, 6.45) is 1.51. The summed E-state index contributed by atoms with van der Waals surface area (Å²) in [7, 11) is -3.28. The van der Waals surface area contributed by atoms with E-state index >= 15 is 0 Å². The summed E-state index contributed by atoms with van der Waals surface area (Å²) in [5, 5.41) is 3.13. The molecule has 5 nitrogen and oxygen atoms in total. The molecule has 1 fully saturated rings. The molecular formula is C17H17ClN2O3S. The highest BCUT2D eigenvalue weighted by atomic mass is 35.5. The summed E-state index contributed by atoms with van der Waals surface area (Å²) in [4.78, 5) is 12.3. The van der Waals surface area contributed by atoms with Gasteiger partial charge in [-0.1, -0.05) is 29.8 Å². The molecule has 7 heteroatoms. The quantitative estimate of drug-likeness (QED) is 0.906. The first-order valence-electron chi connectivity index (χ1n) is 7.64. The summed E-state index contributed by atoms with van der Waals surface area (Å²) in [5.41, 5.74) is 1.46. The van der Waals surface area contributed by atoms with E-state index in [9.17, 15) is 13.2 Å². The van der Waals surface area contributed by atoms with E-state index in [1.165, 1.54) is 4.31 Å². The lowest BCUT2D eigenvalue weighted by atomic mass is 10.2. The summed E-state index contributed by atoms with van der Waals surface area (Å²) in [6.45, 7) is 0.463. The van der Waals surface area contributed by atoms with Crippen LogP contribution in [-0.4, -0.2) is 26.6 Å². The van der Waals surface area contributed by atoms with E-state index in [0.717, 1.165) is 6.42 Å². The van der Waals surface area contributed by atoms with Gasteiger partial charge in [0.25, 0.3) is 5.91 Å². The number of rotatable bonds is 3. The highest BCUT2D eigenvalue weighted by Gasteiger charge is 2.26. The van der Waals surface area contributed by atoms with Crippen molar-refractivity contribution < 1.29 is 13.2 Å². The maximum absolute atomic E-state index is 12.3. The summed E-state index contributed by atoms with van der Waals surface area (Å²) in [6, 6.07) is 13.6. The number of hydrogen-bond acceptors (Lipinski definition) is 3. The standard InChI is InChI=1S/C17H17ClN2O3S/c18-16-9-2-1-8-15(16)17(21)19-13-6-5-7-14(12-13)20-10-3-4-11-24(20,22)23/h1-2,5-9,12H,3-4,10-11H2,(H,19,21). The first-order chi connectivity index (χ1) is 11.5. The molecule has 0 aliphatic carbocycles. The minimum absolute atomic E-state index is 0.156. The van der Waals surface area contributed by atoms with Gasteiger partial charge in [0.05, 0.1) is 22.0 Å².